The van der Waals surface area contributed by atoms with Crippen LogP contribution in [-0.2, 0) is 9.53 Å². The fraction of sp³-hybridized carbons (Fsp3) is 0.417. The summed E-state index contributed by atoms with van der Waals surface area (Å²) in [5.74, 6) is 0.782. The number of carbonyl (C=O) groups is 1. The lowest BCUT2D eigenvalue weighted by Gasteiger charge is -2.32. The van der Waals surface area contributed by atoms with Crippen LogP contribution in [-0.4, -0.2) is 31.3 Å². The van der Waals surface area contributed by atoms with Crippen LogP contribution in [0.15, 0.2) is 24.3 Å². The van der Waals surface area contributed by atoms with Crippen LogP contribution in [0.5, 0.6) is 5.75 Å². The minimum Gasteiger partial charge on any atom is -0.479 e. The summed E-state index contributed by atoms with van der Waals surface area (Å²) >= 11 is 0. The molecule has 2 atom stereocenters. The van der Waals surface area contributed by atoms with Crippen molar-refractivity contribution in [2.24, 2.45) is 0 Å². The second-order valence-electron chi connectivity index (χ2n) is 4.13. The molecule has 0 bridgehead atoms. The molecule has 3 rings (SSSR count). The molecule has 4 heteroatoms. The van der Waals surface area contributed by atoms with Gasteiger partial charge in [0, 0.05) is 0 Å². The molecule has 2 aliphatic rings. The third-order valence-electron chi connectivity index (χ3n) is 2.86. The van der Waals surface area contributed by atoms with Gasteiger partial charge in [0.05, 0.1) is 24.9 Å². The molecule has 16 heavy (non-hydrogen) atoms. The summed E-state index contributed by atoms with van der Waals surface area (Å²) in [4.78, 5) is 13.8. The Labute approximate surface area is 93.8 Å². The average Bonchev–Trinajstić information content (AvgIpc) is 3.08. The van der Waals surface area contributed by atoms with E-state index in [-0.39, 0.29) is 12.0 Å². The van der Waals surface area contributed by atoms with E-state index in [9.17, 15) is 4.79 Å². The minimum absolute atomic E-state index is 0.00852. The predicted octanol–water partition coefficient (Wildman–Crippen LogP) is 1.20. The molecule has 2 heterocycles. The maximum atomic E-state index is 12.0. The highest BCUT2D eigenvalue weighted by atomic mass is 16.6. The van der Waals surface area contributed by atoms with Crippen LogP contribution < -0.4 is 9.64 Å². The van der Waals surface area contributed by atoms with Gasteiger partial charge in [-0.1, -0.05) is 12.1 Å². The molecule has 1 saturated heterocycles. The number of benzene rings is 1. The number of anilines is 1. The highest BCUT2D eigenvalue weighted by Crippen LogP contribution is 2.34. The Kier molecular flexibility index (Phi) is 2.11. The first-order valence-electron chi connectivity index (χ1n) is 5.44. The molecule has 1 fully saturated rings. The normalized spacial score (nSPS) is 27.3. The van der Waals surface area contributed by atoms with Crippen molar-refractivity contribution in [2.45, 2.75) is 19.1 Å². The van der Waals surface area contributed by atoms with Crippen molar-refractivity contribution < 1.29 is 14.3 Å². The minimum atomic E-state index is -0.409. The molecule has 0 N–H and O–H groups in total. The summed E-state index contributed by atoms with van der Waals surface area (Å²) in [6, 6.07) is 7.61. The van der Waals surface area contributed by atoms with E-state index in [1.54, 1.807) is 11.8 Å². The van der Waals surface area contributed by atoms with Crippen molar-refractivity contribution in [2.75, 3.05) is 18.1 Å². The lowest BCUT2D eigenvalue weighted by molar-refractivity contribution is -0.125. The molecule has 84 valence electrons. The molecule has 1 amide bonds. The molecule has 4 nitrogen and oxygen atoms in total. The van der Waals surface area contributed by atoms with Gasteiger partial charge in [-0.25, -0.2) is 0 Å². The number of ether oxygens (including phenoxy) is 2. The molecular weight excluding hydrogens is 206 g/mol. The van der Waals surface area contributed by atoms with Gasteiger partial charge in [-0.2, -0.15) is 0 Å². The second kappa shape index (κ2) is 3.49. The molecule has 2 aliphatic heterocycles. The molecule has 0 saturated carbocycles. The van der Waals surface area contributed by atoms with Gasteiger partial charge in [0.1, 0.15) is 5.75 Å². The number of nitrogens with zero attached hydrogens (tertiary/aromatic N) is 1. The average molecular weight is 219 g/mol. The molecule has 0 radical (unpaired) electrons. The molecule has 0 aliphatic carbocycles. The molecule has 1 aromatic rings. The fourth-order valence-corrected chi connectivity index (χ4v) is 1.92. The Morgan fingerprint density at radius 3 is 2.94 bits per heavy atom. The van der Waals surface area contributed by atoms with E-state index < -0.39 is 6.10 Å². The number of hydrogen-bond donors (Lipinski definition) is 0. The number of fused-ring (bicyclic) bond motifs is 1. The van der Waals surface area contributed by atoms with Gasteiger partial charge >= 0.3 is 0 Å². The fourth-order valence-electron chi connectivity index (χ4n) is 1.92. The zero-order chi connectivity index (χ0) is 11.1. The Balaban J connectivity index is 1.96. The lowest BCUT2D eigenvalue weighted by Crippen LogP contribution is -2.46. The van der Waals surface area contributed by atoms with Gasteiger partial charge in [-0.3, -0.25) is 4.79 Å². The Morgan fingerprint density at radius 1 is 1.44 bits per heavy atom. The number of epoxide rings is 1. The van der Waals surface area contributed by atoms with E-state index in [0.29, 0.717) is 6.54 Å². The third-order valence-corrected chi connectivity index (χ3v) is 2.86. The van der Waals surface area contributed by atoms with Crippen LogP contribution in [0.4, 0.5) is 5.69 Å². The Bertz CT molecular complexity index is 428. The van der Waals surface area contributed by atoms with Gasteiger partial charge in [0.2, 0.25) is 0 Å². The van der Waals surface area contributed by atoms with Crippen molar-refractivity contribution in [3.8, 4) is 5.75 Å². The van der Waals surface area contributed by atoms with Gasteiger partial charge in [-0.05, 0) is 19.1 Å². The number of carbonyl (C=O) groups excluding carboxylic acids is 1. The highest BCUT2D eigenvalue weighted by Gasteiger charge is 2.35. The monoisotopic (exact) mass is 219 g/mol. The summed E-state index contributed by atoms with van der Waals surface area (Å²) in [7, 11) is 0. The standard InChI is InChI=1S/C12H13NO3/c1-8-12(14)13(6-9-7-15-9)10-4-2-3-5-11(10)16-8/h2-5,8-9H,6-7H2,1H3. The zero-order valence-electron chi connectivity index (χ0n) is 9.05. The SMILES string of the molecule is CC1Oc2ccccc2N(CC2CO2)C1=O. The smallest absolute Gasteiger partial charge is 0.267 e. The lowest BCUT2D eigenvalue weighted by atomic mass is 10.2. The molecule has 1 aromatic carbocycles. The largest absolute Gasteiger partial charge is 0.479 e. The van der Waals surface area contributed by atoms with Gasteiger partial charge in [0.15, 0.2) is 6.10 Å². The molecule has 2 unspecified atom stereocenters. The molecular formula is C12H13NO3. The molecule has 0 spiro atoms. The van der Waals surface area contributed by atoms with Crippen LogP contribution in [0.3, 0.4) is 0 Å². The predicted molar refractivity (Wildman–Crippen MR) is 58.6 cm³/mol. The van der Waals surface area contributed by atoms with Crippen molar-refractivity contribution in [3.05, 3.63) is 24.3 Å². The quantitative estimate of drug-likeness (QED) is 0.702. The summed E-state index contributed by atoms with van der Waals surface area (Å²) in [6.07, 6.45) is -0.212. The molecule has 0 aromatic heterocycles. The van der Waals surface area contributed by atoms with Gasteiger partial charge in [0.25, 0.3) is 5.91 Å². The highest BCUT2D eigenvalue weighted by molar-refractivity contribution is 5.99. The first-order chi connectivity index (χ1) is 7.75. The Hall–Kier alpha value is -1.55. The van der Waals surface area contributed by atoms with E-state index in [1.807, 2.05) is 24.3 Å². The maximum Gasteiger partial charge on any atom is 0.267 e. The summed E-state index contributed by atoms with van der Waals surface area (Å²) in [5, 5.41) is 0. The first-order valence-corrected chi connectivity index (χ1v) is 5.44. The van der Waals surface area contributed by atoms with Crippen LogP contribution in [0, 0.1) is 0 Å². The van der Waals surface area contributed by atoms with Crippen molar-refractivity contribution in [1.82, 2.24) is 0 Å². The van der Waals surface area contributed by atoms with E-state index in [4.69, 9.17) is 9.47 Å². The van der Waals surface area contributed by atoms with Crippen molar-refractivity contribution in [1.29, 1.82) is 0 Å². The van der Waals surface area contributed by atoms with Gasteiger partial charge in [-0.15, -0.1) is 0 Å². The van der Waals surface area contributed by atoms with Crippen molar-refractivity contribution >= 4 is 11.6 Å². The maximum absolute atomic E-state index is 12.0. The van der Waals surface area contributed by atoms with Gasteiger partial charge < -0.3 is 14.4 Å². The number of para-hydroxylation sites is 2. The number of hydrogen-bond acceptors (Lipinski definition) is 3. The van der Waals surface area contributed by atoms with E-state index >= 15 is 0 Å². The summed E-state index contributed by atoms with van der Waals surface area (Å²) < 4.78 is 10.7. The van der Waals surface area contributed by atoms with Crippen LogP contribution in [0.25, 0.3) is 0 Å². The Morgan fingerprint density at radius 2 is 2.19 bits per heavy atom. The number of rotatable bonds is 2. The van der Waals surface area contributed by atoms with Crippen LogP contribution >= 0.6 is 0 Å². The van der Waals surface area contributed by atoms with Crippen molar-refractivity contribution in [3.63, 3.8) is 0 Å². The summed E-state index contributed by atoms with van der Waals surface area (Å²) in [6.45, 7) is 3.16. The topological polar surface area (TPSA) is 42.1 Å². The first kappa shape index (κ1) is 9.66. The third kappa shape index (κ3) is 1.55. The zero-order valence-corrected chi connectivity index (χ0v) is 9.05. The summed E-state index contributed by atoms with van der Waals surface area (Å²) in [5.41, 5.74) is 0.848. The van der Waals surface area contributed by atoms with E-state index in [1.165, 1.54) is 0 Å². The van der Waals surface area contributed by atoms with E-state index in [0.717, 1.165) is 18.0 Å². The van der Waals surface area contributed by atoms with E-state index in [2.05, 4.69) is 0 Å². The second-order valence-corrected chi connectivity index (χ2v) is 4.13. The van der Waals surface area contributed by atoms with Crippen LogP contribution in [0.1, 0.15) is 6.92 Å². The van der Waals surface area contributed by atoms with Crippen LogP contribution in [0.2, 0.25) is 0 Å². The number of amides is 1.